The van der Waals surface area contributed by atoms with Crippen molar-refractivity contribution in [2.45, 2.75) is 18.9 Å². The normalized spacial score (nSPS) is 22.8. The van der Waals surface area contributed by atoms with Crippen molar-refractivity contribution in [2.24, 2.45) is 5.92 Å². The predicted molar refractivity (Wildman–Crippen MR) is 62.4 cm³/mol. The average molecular weight is 277 g/mol. The van der Waals surface area contributed by atoms with Gasteiger partial charge in [0.1, 0.15) is 6.04 Å². The second-order valence-electron chi connectivity index (χ2n) is 4.21. The monoisotopic (exact) mass is 277 g/mol. The molecule has 1 aliphatic rings. The summed E-state index contributed by atoms with van der Waals surface area (Å²) >= 11 is 0. The molecule has 0 aromatic rings. The highest BCUT2D eigenvalue weighted by Crippen LogP contribution is 2.22. The molecule has 1 fully saturated rings. The van der Waals surface area contributed by atoms with Gasteiger partial charge in [-0.05, 0) is 6.42 Å². The molecule has 3 atom stereocenters. The number of hydrogen-bond donors (Lipinski definition) is 2. The number of carbonyl (C=O) groups is 3. The third-order valence-corrected chi connectivity index (χ3v) is 3.66. The summed E-state index contributed by atoms with van der Waals surface area (Å²) in [5, 5.41) is 17.9. The first-order valence-electron chi connectivity index (χ1n) is 5.38. The third-order valence-electron chi connectivity index (χ3n) is 2.85. The molecule has 1 amide bonds. The summed E-state index contributed by atoms with van der Waals surface area (Å²) in [6.45, 7) is -0.0958. The second-order valence-corrected chi connectivity index (χ2v) is 5.76. The van der Waals surface area contributed by atoms with Gasteiger partial charge >= 0.3 is 11.9 Å². The molecular formula is C10H15NO6S. The average Bonchev–Trinajstić information content (AvgIpc) is 2.60. The molecule has 7 nitrogen and oxygen atoms in total. The maximum Gasteiger partial charge on any atom is 0.326 e. The molecule has 0 spiro atoms. The quantitative estimate of drug-likeness (QED) is 0.653. The Hall–Kier alpha value is -1.44. The summed E-state index contributed by atoms with van der Waals surface area (Å²) in [6, 6.07) is -1.09. The molecular weight excluding hydrogens is 262 g/mol. The summed E-state index contributed by atoms with van der Waals surface area (Å²) in [4.78, 5) is 34.5. The highest BCUT2D eigenvalue weighted by atomic mass is 32.2. The summed E-state index contributed by atoms with van der Waals surface area (Å²) in [5.41, 5.74) is 0. The van der Waals surface area contributed by atoms with Crippen LogP contribution in [0.3, 0.4) is 0 Å². The molecule has 1 saturated heterocycles. The lowest BCUT2D eigenvalue weighted by molar-refractivity contribution is -0.148. The number of likely N-dealkylation sites (tertiary alicyclic amines) is 1. The van der Waals surface area contributed by atoms with Gasteiger partial charge in [-0.25, -0.2) is 4.79 Å². The standard InChI is InChI=1S/C10H15NO6S/c1-18(17)3-2-7(10(15)16)11-5-6(9(13)14)4-8(11)12/h6-7H,2-5H2,1H3,(H,13,14)(H,15,16)/t6?,7-,18?/m0/s1. The van der Waals surface area contributed by atoms with Gasteiger partial charge in [-0.2, -0.15) is 0 Å². The van der Waals surface area contributed by atoms with Crippen molar-refractivity contribution in [3.63, 3.8) is 0 Å². The Bertz CT molecular complexity index is 396. The Labute approximate surface area is 106 Å². The van der Waals surface area contributed by atoms with Gasteiger partial charge in [0.15, 0.2) is 0 Å². The Balaban J connectivity index is 2.74. The molecule has 1 aliphatic heterocycles. The van der Waals surface area contributed by atoms with Gasteiger partial charge in [0.05, 0.1) is 5.92 Å². The van der Waals surface area contributed by atoms with Crippen LogP contribution in [0.4, 0.5) is 0 Å². The van der Waals surface area contributed by atoms with E-state index in [0.717, 1.165) is 4.90 Å². The van der Waals surface area contributed by atoms with E-state index in [9.17, 15) is 18.6 Å². The minimum absolute atomic E-state index is 0.0660. The number of carboxylic acid groups (broad SMARTS) is 2. The van der Waals surface area contributed by atoms with Gasteiger partial charge in [-0.3, -0.25) is 13.8 Å². The van der Waals surface area contributed by atoms with E-state index in [0.29, 0.717) is 0 Å². The molecule has 1 heterocycles. The first kappa shape index (κ1) is 14.6. The number of amides is 1. The van der Waals surface area contributed by atoms with E-state index in [4.69, 9.17) is 10.2 Å². The minimum atomic E-state index is -1.19. The number of hydrogen-bond acceptors (Lipinski definition) is 4. The van der Waals surface area contributed by atoms with Crippen LogP contribution in [-0.4, -0.2) is 61.8 Å². The van der Waals surface area contributed by atoms with Gasteiger partial charge in [0.25, 0.3) is 0 Å². The zero-order valence-electron chi connectivity index (χ0n) is 9.87. The van der Waals surface area contributed by atoms with Crippen LogP contribution in [0.25, 0.3) is 0 Å². The largest absolute Gasteiger partial charge is 0.481 e. The molecule has 0 aromatic carbocycles. The summed E-state index contributed by atoms with van der Waals surface area (Å²) in [7, 11) is -1.15. The molecule has 18 heavy (non-hydrogen) atoms. The van der Waals surface area contributed by atoms with E-state index in [1.54, 1.807) is 0 Å². The molecule has 0 bridgehead atoms. The highest BCUT2D eigenvalue weighted by molar-refractivity contribution is 7.84. The topological polar surface area (TPSA) is 112 Å². The van der Waals surface area contributed by atoms with Gasteiger partial charge in [-0.15, -0.1) is 0 Å². The molecule has 1 rings (SSSR count). The maximum absolute atomic E-state index is 11.6. The predicted octanol–water partition coefficient (Wildman–Crippen LogP) is -0.859. The fraction of sp³-hybridized carbons (Fsp3) is 0.700. The maximum atomic E-state index is 11.6. The zero-order valence-corrected chi connectivity index (χ0v) is 10.7. The van der Waals surface area contributed by atoms with Crippen LogP contribution in [0.2, 0.25) is 0 Å². The summed E-state index contributed by atoms with van der Waals surface area (Å²) in [6.07, 6.45) is 1.34. The van der Waals surface area contributed by atoms with E-state index in [2.05, 4.69) is 0 Å². The van der Waals surface area contributed by atoms with E-state index in [-0.39, 0.29) is 25.1 Å². The van der Waals surface area contributed by atoms with Gasteiger partial charge in [0.2, 0.25) is 5.91 Å². The molecule has 0 aromatic heterocycles. The second kappa shape index (κ2) is 5.94. The van der Waals surface area contributed by atoms with E-state index < -0.39 is 40.6 Å². The van der Waals surface area contributed by atoms with E-state index >= 15 is 0 Å². The number of aliphatic carboxylic acids is 2. The smallest absolute Gasteiger partial charge is 0.326 e. The molecule has 0 aliphatic carbocycles. The highest BCUT2D eigenvalue weighted by Gasteiger charge is 2.40. The van der Waals surface area contributed by atoms with Crippen LogP contribution in [0.1, 0.15) is 12.8 Å². The minimum Gasteiger partial charge on any atom is -0.481 e. The Morgan fingerprint density at radius 1 is 1.50 bits per heavy atom. The van der Waals surface area contributed by atoms with Crippen molar-refractivity contribution >= 4 is 28.6 Å². The van der Waals surface area contributed by atoms with Crippen LogP contribution in [0, 0.1) is 5.92 Å². The third kappa shape index (κ3) is 3.52. The Morgan fingerprint density at radius 3 is 2.50 bits per heavy atom. The Kier molecular flexibility index (Phi) is 4.83. The molecule has 0 saturated carbocycles. The molecule has 0 radical (unpaired) electrons. The van der Waals surface area contributed by atoms with Crippen LogP contribution in [-0.2, 0) is 25.2 Å². The van der Waals surface area contributed by atoms with Gasteiger partial charge in [-0.1, -0.05) is 0 Å². The van der Waals surface area contributed by atoms with Crippen LogP contribution in [0.5, 0.6) is 0 Å². The Morgan fingerprint density at radius 2 is 2.11 bits per heavy atom. The SMILES string of the molecule is CS(=O)CC[C@@H](C(=O)O)N1CC(C(=O)O)CC1=O. The molecule has 2 unspecified atom stereocenters. The van der Waals surface area contributed by atoms with Gasteiger partial charge < -0.3 is 15.1 Å². The molecule has 2 N–H and O–H groups in total. The van der Waals surface area contributed by atoms with E-state index in [1.807, 2.05) is 0 Å². The fourth-order valence-electron chi connectivity index (χ4n) is 1.89. The van der Waals surface area contributed by atoms with Crippen molar-refractivity contribution in [3.8, 4) is 0 Å². The van der Waals surface area contributed by atoms with Crippen molar-refractivity contribution in [2.75, 3.05) is 18.6 Å². The zero-order chi connectivity index (χ0) is 13.9. The number of carbonyl (C=O) groups excluding carboxylic acids is 1. The van der Waals surface area contributed by atoms with Crippen molar-refractivity contribution < 1.29 is 28.8 Å². The number of rotatable bonds is 6. The summed E-state index contributed by atoms with van der Waals surface area (Å²) in [5.74, 6) is -3.46. The van der Waals surface area contributed by atoms with Crippen molar-refractivity contribution in [1.82, 2.24) is 4.90 Å². The lowest BCUT2D eigenvalue weighted by atomic mass is 10.1. The van der Waals surface area contributed by atoms with Gasteiger partial charge in [0, 0.05) is 35.8 Å². The van der Waals surface area contributed by atoms with Crippen LogP contribution < -0.4 is 0 Å². The fourth-order valence-corrected chi connectivity index (χ4v) is 2.44. The van der Waals surface area contributed by atoms with Crippen LogP contribution in [0.15, 0.2) is 0 Å². The lowest BCUT2D eigenvalue weighted by Gasteiger charge is -2.24. The number of carboxylic acids is 2. The van der Waals surface area contributed by atoms with Crippen molar-refractivity contribution in [1.29, 1.82) is 0 Å². The lowest BCUT2D eigenvalue weighted by Crippen LogP contribution is -2.43. The molecule has 102 valence electrons. The summed E-state index contributed by atoms with van der Waals surface area (Å²) < 4.78 is 11.0. The molecule has 8 heteroatoms. The first-order valence-corrected chi connectivity index (χ1v) is 7.10. The van der Waals surface area contributed by atoms with E-state index in [1.165, 1.54) is 6.26 Å². The first-order chi connectivity index (χ1) is 8.32. The van der Waals surface area contributed by atoms with Crippen molar-refractivity contribution in [3.05, 3.63) is 0 Å². The van der Waals surface area contributed by atoms with Crippen LogP contribution >= 0.6 is 0 Å². The number of nitrogens with zero attached hydrogens (tertiary/aromatic N) is 1.